The molecule has 0 saturated heterocycles. The monoisotopic (exact) mass is 230 g/mol. The second-order valence-electron chi connectivity index (χ2n) is 3.22. The van der Waals surface area contributed by atoms with Crippen LogP contribution in [0.1, 0.15) is 6.92 Å². The normalized spacial score (nSPS) is 12.2. The third kappa shape index (κ3) is 2.66. The maximum absolute atomic E-state index is 13.2. The molecule has 1 rings (SSSR count). The predicted molar refractivity (Wildman–Crippen MR) is 55.9 cm³/mol. The molecule has 1 atom stereocenters. The third-order valence-corrected chi connectivity index (χ3v) is 2.07. The maximum atomic E-state index is 13.2. The number of halogens is 2. The van der Waals surface area contributed by atoms with Crippen molar-refractivity contribution in [1.82, 2.24) is 0 Å². The zero-order valence-corrected chi connectivity index (χ0v) is 8.88. The molecule has 1 aromatic rings. The van der Waals surface area contributed by atoms with Crippen LogP contribution < -0.4 is 11.1 Å². The molecule has 1 amide bonds. The van der Waals surface area contributed by atoms with Crippen LogP contribution >= 0.6 is 0 Å². The summed E-state index contributed by atoms with van der Waals surface area (Å²) in [6, 6.07) is 1.63. The van der Waals surface area contributed by atoms with Crippen molar-refractivity contribution < 1.29 is 18.3 Å². The molecule has 0 saturated carbocycles. The number of carbonyl (C=O) groups excluding carboxylic acids is 1. The van der Waals surface area contributed by atoms with Crippen molar-refractivity contribution in [2.75, 3.05) is 18.2 Å². The number of amides is 1. The Balaban J connectivity index is 2.90. The van der Waals surface area contributed by atoms with Crippen LogP contribution in [0.15, 0.2) is 12.1 Å². The Kier molecular flexibility index (Phi) is 3.78. The maximum Gasteiger partial charge on any atom is 0.253 e. The topological polar surface area (TPSA) is 64.3 Å². The minimum absolute atomic E-state index is 0.173. The zero-order chi connectivity index (χ0) is 12.3. The van der Waals surface area contributed by atoms with Crippen molar-refractivity contribution in [3.63, 3.8) is 0 Å². The summed E-state index contributed by atoms with van der Waals surface area (Å²) in [4.78, 5) is 11.4. The van der Waals surface area contributed by atoms with Crippen LogP contribution in [0, 0.1) is 11.6 Å². The second kappa shape index (κ2) is 4.89. The first kappa shape index (κ1) is 12.4. The number of nitrogen functional groups attached to an aromatic ring is 1. The van der Waals surface area contributed by atoms with Gasteiger partial charge in [-0.15, -0.1) is 0 Å². The Morgan fingerprint density at radius 2 is 2.06 bits per heavy atom. The van der Waals surface area contributed by atoms with E-state index >= 15 is 0 Å². The summed E-state index contributed by atoms with van der Waals surface area (Å²) in [5.74, 6) is -2.29. The van der Waals surface area contributed by atoms with Crippen molar-refractivity contribution in [3.8, 4) is 0 Å². The Bertz CT molecular complexity index is 410. The predicted octanol–water partition coefficient (Wildman–Crippen LogP) is 1.52. The highest BCUT2D eigenvalue weighted by atomic mass is 19.1. The van der Waals surface area contributed by atoms with E-state index in [0.717, 1.165) is 6.07 Å². The van der Waals surface area contributed by atoms with Crippen molar-refractivity contribution in [2.24, 2.45) is 0 Å². The lowest BCUT2D eigenvalue weighted by atomic mass is 10.2. The second-order valence-corrected chi connectivity index (χ2v) is 3.22. The largest absolute Gasteiger partial charge is 0.396 e. The number of hydrogen-bond donors (Lipinski definition) is 2. The van der Waals surface area contributed by atoms with Gasteiger partial charge in [-0.25, -0.2) is 8.78 Å². The van der Waals surface area contributed by atoms with Crippen LogP contribution in [0.5, 0.6) is 0 Å². The summed E-state index contributed by atoms with van der Waals surface area (Å²) >= 11 is 0. The fraction of sp³-hybridized carbons (Fsp3) is 0.300. The van der Waals surface area contributed by atoms with Crippen molar-refractivity contribution in [1.29, 1.82) is 0 Å². The number of ether oxygens (including phenoxy) is 1. The first-order valence-corrected chi connectivity index (χ1v) is 4.54. The van der Waals surface area contributed by atoms with Crippen molar-refractivity contribution in [2.45, 2.75) is 13.0 Å². The molecule has 3 N–H and O–H groups in total. The Morgan fingerprint density at radius 1 is 1.44 bits per heavy atom. The van der Waals surface area contributed by atoms with Gasteiger partial charge < -0.3 is 15.8 Å². The molecule has 16 heavy (non-hydrogen) atoms. The van der Waals surface area contributed by atoms with Gasteiger partial charge in [0.2, 0.25) is 0 Å². The number of benzene rings is 1. The molecule has 0 radical (unpaired) electrons. The number of methoxy groups -OCH3 is 1. The molecule has 0 spiro atoms. The highest BCUT2D eigenvalue weighted by Crippen LogP contribution is 2.21. The van der Waals surface area contributed by atoms with Crippen molar-refractivity contribution >= 4 is 17.3 Å². The standard InChI is InChI=1S/C10H12F2N2O2/c1-5(16-2)10(15)14-9-4-8(13)6(11)3-7(9)12/h3-5H,13H2,1-2H3,(H,14,15). The van der Waals surface area contributed by atoms with Gasteiger partial charge in [0, 0.05) is 13.2 Å². The summed E-state index contributed by atoms with van der Waals surface area (Å²) in [6.45, 7) is 1.50. The molecule has 0 bridgehead atoms. The molecule has 0 aromatic heterocycles. The number of nitrogens with two attached hydrogens (primary N) is 1. The van der Waals surface area contributed by atoms with E-state index < -0.39 is 23.6 Å². The van der Waals surface area contributed by atoms with Crippen LogP contribution in [-0.4, -0.2) is 19.1 Å². The van der Waals surface area contributed by atoms with Gasteiger partial charge in [0.25, 0.3) is 5.91 Å². The van der Waals surface area contributed by atoms with Crippen LogP contribution in [0.25, 0.3) is 0 Å². The van der Waals surface area contributed by atoms with Gasteiger partial charge in [0.1, 0.15) is 17.7 Å². The summed E-state index contributed by atoms with van der Waals surface area (Å²) in [6.07, 6.45) is -0.731. The molecule has 4 nitrogen and oxygen atoms in total. The molecule has 88 valence electrons. The Labute approximate surface area is 91.4 Å². The van der Waals surface area contributed by atoms with E-state index in [0.29, 0.717) is 6.07 Å². The fourth-order valence-corrected chi connectivity index (χ4v) is 1.00. The van der Waals surface area contributed by atoms with Gasteiger partial charge >= 0.3 is 0 Å². The molecule has 0 aliphatic heterocycles. The third-order valence-electron chi connectivity index (χ3n) is 2.07. The molecular formula is C10H12F2N2O2. The lowest BCUT2D eigenvalue weighted by Gasteiger charge is -2.11. The van der Waals surface area contributed by atoms with Gasteiger partial charge in [-0.2, -0.15) is 0 Å². The molecular weight excluding hydrogens is 218 g/mol. The SMILES string of the molecule is COC(C)C(=O)Nc1cc(N)c(F)cc1F. The van der Waals surface area contributed by atoms with E-state index in [4.69, 9.17) is 10.5 Å². The first-order valence-electron chi connectivity index (χ1n) is 4.54. The van der Waals surface area contributed by atoms with Crippen LogP contribution in [-0.2, 0) is 9.53 Å². The molecule has 0 aliphatic carbocycles. The minimum Gasteiger partial charge on any atom is -0.396 e. The molecule has 0 aliphatic rings. The lowest BCUT2D eigenvalue weighted by molar-refractivity contribution is -0.124. The van der Waals surface area contributed by atoms with Crippen LogP contribution in [0.3, 0.4) is 0 Å². The lowest BCUT2D eigenvalue weighted by Crippen LogP contribution is -2.27. The van der Waals surface area contributed by atoms with Crippen LogP contribution in [0.4, 0.5) is 20.2 Å². The average molecular weight is 230 g/mol. The van der Waals surface area contributed by atoms with Gasteiger partial charge in [-0.1, -0.05) is 0 Å². The van der Waals surface area contributed by atoms with Gasteiger partial charge in [-0.3, -0.25) is 4.79 Å². The molecule has 6 heteroatoms. The Hall–Kier alpha value is -1.69. The highest BCUT2D eigenvalue weighted by molar-refractivity contribution is 5.94. The van der Waals surface area contributed by atoms with Gasteiger partial charge in [-0.05, 0) is 13.0 Å². The van der Waals surface area contributed by atoms with E-state index in [1.54, 1.807) is 0 Å². The fourth-order valence-electron chi connectivity index (χ4n) is 1.00. The average Bonchev–Trinajstić information content (AvgIpc) is 2.24. The summed E-state index contributed by atoms with van der Waals surface area (Å²) in [7, 11) is 1.35. The minimum atomic E-state index is -0.886. The van der Waals surface area contributed by atoms with Crippen LogP contribution in [0.2, 0.25) is 0 Å². The number of anilines is 2. The number of carbonyl (C=O) groups is 1. The zero-order valence-electron chi connectivity index (χ0n) is 8.88. The summed E-state index contributed by atoms with van der Waals surface area (Å²) in [5.41, 5.74) is 4.84. The highest BCUT2D eigenvalue weighted by Gasteiger charge is 2.15. The van der Waals surface area contributed by atoms with E-state index in [1.165, 1.54) is 14.0 Å². The van der Waals surface area contributed by atoms with E-state index in [9.17, 15) is 13.6 Å². The van der Waals surface area contributed by atoms with Crippen molar-refractivity contribution in [3.05, 3.63) is 23.8 Å². The van der Waals surface area contributed by atoms with E-state index in [1.807, 2.05) is 0 Å². The molecule has 1 aromatic carbocycles. The number of nitrogens with one attached hydrogen (secondary N) is 1. The smallest absolute Gasteiger partial charge is 0.253 e. The number of hydrogen-bond acceptors (Lipinski definition) is 3. The summed E-state index contributed by atoms with van der Waals surface area (Å²) < 4.78 is 30.8. The molecule has 0 heterocycles. The molecule has 0 fully saturated rings. The summed E-state index contributed by atoms with van der Waals surface area (Å²) in [5, 5.41) is 2.24. The molecule has 1 unspecified atom stereocenters. The first-order chi connectivity index (χ1) is 7.45. The Morgan fingerprint density at radius 3 is 2.62 bits per heavy atom. The quantitative estimate of drug-likeness (QED) is 0.774. The number of rotatable bonds is 3. The van der Waals surface area contributed by atoms with E-state index in [2.05, 4.69) is 5.32 Å². The van der Waals surface area contributed by atoms with Gasteiger partial charge in [0.15, 0.2) is 0 Å². The van der Waals surface area contributed by atoms with E-state index in [-0.39, 0.29) is 11.4 Å². The van der Waals surface area contributed by atoms with Gasteiger partial charge in [0.05, 0.1) is 11.4 Å².